The first-order chi connectivity index (χ1) is 3.27. The van der Waals surface area contributed by atoms with E-state index >= 15 is 0 Å². The van der Waals surface area contributed by atoms with Crippen LogP contribution in [0.25, 0.3) is 0 Å². The van der Waals surface area contributed by atoms with Crippen LogP contribution < -0.4 is 5.59 Å². The third kappa shape index (κ3) is 9.48. The van der Waals surface area contributed by atoms with E-state index in [9.17, 15) is 0 Å². The van der Waals surface area contributed by atoms with E-state index in [-0.39, 0.29) is 12.4 Å². The fourth-order valence-corrected chi connectivity index (χ4v) is 0.194. The summed E-state index contributed by atoms with van der Waals surface area (Å²) in [5.74, 6) is 0. The molecule has 0 aromatic rings. The van der Waals surface area contributed by atoms with Crippen molar-refractivity contribution in [3.05, 3.63) is 0 Å². The smallest absolute Gasteiger partial charge is 0.0670 e. The molecule has 4 heteroatoms. The quantitative estimate of drug-likeness (QED) is 0.576. The predicted octanol–water partition coefficient (Wildman–Crippen LogP) is 0.426. The van der Waals surface area contributed by atoms with Crippen molar-refractivity contribution in [3.8, 4) is 0 Å². The van der Waals surface area contributed by atoms with Gasteiger partial charge in [-0.1, -0.05) is 0 Å². The fourth-order valence-electron chi connectivity index (χ4n) is 0.194. The maximum Gasteiger partial charge on any atom is 0.0670 e. The molecule has 0 radical (unpaired) electrons. The highest BCUT2D eigenvalue weighted by Gasteiger charge is 1.79. The number of nitrogens with one attached hydrogen (secondary N) is 1. The Morgan fingerprint density at radius 2 is 2.00 bits per heavy atom. The van der Waals surface area contributed by atoms with Crippen LogP contribution in [0.15, 0.2) is 0 Å². The lowest BCUT2D eigenvalue weighted by molar-refractivity contribution is -0.0531. The van der Waals surface area contributed by atoms with Crippen LogP contribution in [0.1, 0.15) is 6.92 Å². The maximum atomic E-state index is 4.77. The zero-order valence-corrected chi connectivity index (χ0v) is 6.29. The lowest BCUT2D eigenvalue weighted by Gasteiger charge is -2.08. The molecule has 0 aromatic heterocycles. The second kappa shape index (κ2) is 7.17. The first-order valence-electron chi connectivity index (χ1n) is 2.32. The Kier molecular flexibility index (Phi) is 9.89. The SMILES string of the molecule is CCONN(C)C.Cl. The number of halogens is 1. The van der Waals surface area contributed by atoms with Gasteiger partial charge in [0.25, 0.3) is 0 Å². The summed E-state index contributed by atoms with van der Waals surface area (Å²) in [5, 5.41) is 1.74. The molecule has 0 aliphatic rings. The number of hydrazine groups is 1. The summed E-state index contributed by atoms with van der Waals surface area (Å²) in [6, 6.07) is 0. The molecule has 0 bridgehead atoms. The second-order valence-electron chi connectivity index (χ2n) is 1.42. The van der Waals surface area contributed by atoms with Gasteiger partial charge in [0.15, 0.2) is 0 Å². The van der Waals surface area contributed by atoms with Gasteiger partial charge in [0, 0.05) is 14.1 Å². The van der Waals surface area contributed by atoms with Crippen LogP contribution in [0, 0.1) is 0 Å². The third-order valence-corrected chi connectivity index (χ3v) is 0.391. The van der Waals surface area contributed by atoms with Gasteiger partial charge in [-0.2, -0.15) is 0 Å². The van der Waals surface area contributed by atoms with Gasteiger partial charge in [0.05, 0.1) is 6.61 Å². The van der Waals surface area contributed by atoms with Crippen molar-refractivity contribution in [2.75, 3.05) is 20.7 Å². The largest absolute Gasteiger partial charge is 0.287 e. The Hall–Kier alpha value is 0.170. The average molecular weight is 141 g/mol. The van der Waals surface area contributed by atoms with E-state index < -0.39 is 0 Å². The number of rotatable bonds is 3. The normalized spacial score (nSPS) is 9.00. The summed E-state index contributed by atoms with van der Waals surface area (Å²) in [5.41, 5.74) is 2.63. The summed E-state index contributed by atoms with van der Waals surface area (Å²) in [7, 11) is 3.74. The molecule has 0 saturated heterocycles. The molecule has 0 aliphatic heterocycles. The van der Waals surface area contributed by atoms with Crippen molar-refractivity contribution in [1.82, 2.24) is 10.6 Å². The number of nitrogens with zero attached hydrogens (tertiary/aromatic N) is 1. The van der Waals surface area contributed by atoms with Crippen LogP contribution in [-0.2, 0) is 4.84 Å². The van der Waals surface area contributed by atoms with Crippen LogP contribution in [0.4, 0.5) is 0 Å². The van der Waals surface area contributed by atoms with Crippen LogP contribution in [0.5, 0.6) is 0 Å². The van der Waals surface area contributed by atoms with E-state index in [1.54, 1.807) is 5.01 Å². The molecule has 0 amide bonds. The van der Waals surface area contributed by atoms with E-state index in [4.69, 9.17) is 4.84 Å². The third-order valence-electron chi connectivity index (χ3n) is 0.391. The minimum absolute atomic E-state index is 0. The highest BCUT2D eigenvalue weighted by atomic mass is 35.5. The molecule has 0 heterocycles. The minimum atomic E-state index is 0. The fraction of sp³-hybridized carbons (Fsp3) is 1.00. The summed E-state index contributed by atoms with van der Waals surface area (Å²) in [6.07, 6.45) is 0. The molecule has 1 N–H and O–H groups in total. The van der Waals surface area contributed by atoms with Gasteiger partial charge in [-0.05, 0) is 6.92 Å². The highest BCUT2D eigenvalue weighted by Crippen LogP contribution is 1.64. The van der Waals surface area contributed by atoms with E-state index in [0.717, 1.165) is 0 Å². The van der Waals surface area contributed by atoms with Gasteiger partial charge in [-0.25, -0.2) is 5.01 Å². The molecule has 8 heavy (non-hydrogen) atoms. The van der Waals surface area contributed by atoms with Crippen LogP contribution in [-0.4, -0.2) is 25.7 Å². The van der Waals surface area contributed by atoms with Crippen molar-refractivity contribution in [2.24, 2.45) is 0 Å². The molecule has 52 valence electrons. The summed E-state index contributed by atoms with van der Waals surface area (Å²) in [4.78, 5) is 4.77. The van der Waals surface area contributed by atoms with Crippen molar-refractivity contribution >= 4 is 12.4 Å². The molecule has 0 spiro atoms. The molecule has 3 nitrogen and oxygen atoms in total. The van der Waals surface area contributed by atoms with Crippen molar-refractivity contribution < 1.29 is 4.84 Å². The van der Waals surface area contributed by atoms with Crippen LogP contribution >= 0.6 is 12.4 Å². The molecule has 0 rings (SSSR count). The summed E-state index contributed by atoms with van der Waals surface area (Å²) >= 11 is 0. The van der Waals surface area contributed by atoms with Gasteiger partial charge >= 0.3 is 0 Å². The van der Waals surface area contributed by atoms with Crippen molar-refractivity contribution in [3.63, 3.8) is 0 Å². The molecule has 0 fully saturated rings. The molecular weight excluding hydrogens is 128 g/mol. The van der Waals surface area contributed by atoms with Gasteiger partial charge in [0.1, 0.15) is 0 Å². The minimum Gasteiger partial charge on any atom is -0.287 e. The maximum absolute atomic E-state index is 4.77. The zero-order valence-electron chi connectivity index (χ0n) is 5.47. The lowest BCUT2D eigenvalue weighted by Crippen LogP contribution is -2.30. The van der Waals surface area contributed by atoms with Crippen molar-refractivity contribution in [1.29, 1.82) is 0 Å². The van der Waals surface area contributed by atoms with E-state index in [1.165, 1.54) is 0 Å². The van der Waals surface area contributed by atoms with Gasteiger partial charge in [-0.15, -0.1) is 18.0 Å². The van der Waals surface area contributed by atoms with Gasteiger partial charge in [-0.3, -0.25) is 4.84 Å². The molecule has 0 aliphatic carbocycles. The Bertz CT molecular complexity index is 43.0. The first-order valence-corrected chi connectivity index (χ1v) is 2.32. The zero-order chi connectivity index (χ0) is 5.70. The van der Waals surface area contributed by atoms with Crippen molar-refractivity contribution in [2.45, 2.75) is 6.92 Å². The monoisotopic (exact) mass is 140 g/mol. The van der Waals surface area contributed by atoms with E-state index in [2.05, 4.69) is 5.59 Å². The molecule has 0 atom stereocenters. The second-order valence-corrected chi connectivity index (χ2v) is 1.42. The van der Waals surface area contributed by atoms with Crippen LogP contribution in [0.3, 0.4) is 0 Å². The average Bonchev–Trinajstić information content (AvgIpc) is 1.61. The van der Waals surface area contributed by atoms with E-state index in [0.29, 0.717) is 6.61 Å². The predicted molar refractivity (Wildman–Crippen MR) is 35.7 cm³/mol. The first kappa shape index (κ1) is 11.0. The van der Waals surface area contributed by atoms with Gasteiger partial charge in [0.2, 0.25) is 0 Å². The molecule has 0 aromatic carbocycles. The van der Waals surface area contributed by atoms with Crippen LogP contribution in [0.2, 0.25) is 0 Å². The molecule has 0 unspecified atom stereocenters. The molecular formula is C4H13ClN2O. The van der Waals surface area contributed by atoms with E-state index in [1.807, 2.05) is 21.0 Å². The Morgan fingerprint density at radius 1 is 1.50 bits per heavy atom. The summed E-state index contributed by atoms with van der Waals surface area (Å²) in [6.45, 7) is 2.62. The Labute approximate surface area is 56.3 Å². The Balaban J connectivity index is 0. The van der Waals surface area contributed by atoms with Gasteiger partial charge < -0.3 is 0 Å². The standard InChI is InChI=1S/C4H12N2O.ClH/c1-4-7-5-6(2)3;/h5H,4H2,1-3H3;1H. The topological polar surface area (TPSA) is 24.5 Å². The highest BCUT2D eigenvalue weighted by molar-refractivity contribution is 5.85. The number of hydrogen-bond donors (Lipinski definition) is 1. The lowest BCUT2D eigenvalue weighted by atomic mass is 10.9. The number of hydrogen-bond acceptors (Lipinski definition) is 3. The molecule has 0 saturated carbocycles. The summed E-state index contributed by atoms with van der Waals surface area (Å²) < 4.78 is 0. The Morgan fingerprint density at radius 3 is 2.12 bits per heavy atom.